The van der Waals surface area contributed by atoms with Crippen molar-refractivity contribution >= 4 is 22.7 Å². The Hall–Kier alpha value is -1.35. The van der Waals surface area contributed by atoms with Gasteiger partial charge in [-0.15, -0.1) is 0 Å². The van der Waals surface area contributed by atoms with Crippen LogP contribution in [0.3, 0.4) is 0 Å². The summed E-state index contributed by atoms with van der Waals surface area (Å²) in [5.41, 5.74) is 0.231. The highest BCUT2D eigenvalue weighted by atomic mass is 35.5. The molecule has 0 bridgehead atoms. The van der Waals surface area contributed by atoms with Crippen LogP contribution in [0, 0.1) is 0 Å². The van der Waals surface area contributed by atoms with E-state index in [0.29, 0.717) is 5.52 Å². The summed E-state index contributed by atoms with van der Waals surface area (Å²) in [5, 5.41) is 0.854. The Morgan fingerprint density at radius 3 is 2.92 bits per heavy atom. The van der Waals surface area contributed by atoms with Gasteiger partial charge in [-0.25, -0.2) is 8.88 Å². The first-order chi connectivity index (χ1) is 5.79. The molecule has 3 nitrogen and oxygen atoms in total. The van der Waals surface area contributed by atoms with Gasteiger partial charge in [-0.1, -0.05) is 18.2 Å². The van der Waals surface area contributed by atoms with Crippen molar-refractivity contribution in [2.24, 2.45) is 0 Å². The van der Waals surface area contributed by atoms with E-state index in [1.54, 1.807) is 6.07 Å². The van der Waals surface area contributed by atoms with Gasteiger partial charge in [0.15, 0.2) is 0 Å². The molecule has 2 aromatic rings. The van der Waals surface area contributed by atoms with Gasteiger partial charge in [0, 0.05) is 23.4 Å². The summed E-state index contributed by atoms with van der Waals surface area (Å²) in [7, 11) is 0. The highest BCUT2D eigenvalue weighted by Gasteiger charge is 1.98. The summed E-state index contributed by atoms with van der Waals surface area (Å²) in [6.07, 6.45) is 1.51. The lowest BCUT2D eigenvalue weighted by Crippen LogP contribution is -2.15. The van der Waals surface area contributed by atoms with Crippen molar-refractivity contribution in [3.63, 3.8) is 0 Å². The van der Waals surface area contributed by atoms with Crippen LogP contribution in [0.5, 0.6) is 0 Å². The fourth-order valence-electron chi connectivity index (χ4n) is 1.05. The molecular formula is C8H5ClN2O. The van der Waals surface area contributed by atoms with Crippen LogP contribution < -0.4 is 5.69 Å². The monoisotopic (exact) mass is 180 g/mol. The third-order valence-corrected chi connectivity index (χ3v) is 1.96. The first-order valence-electron chi connectivity index (χ1n) is 3.42. The molecule has 1 aromatic carbocycles. The molecule has 1 heterocycles. The van der Waals surface area contributed by atoms with Crippen molar-refractivity contribution < 1.29 is 0 Å². The Bertz CT molecular complexity index is 478. The van der Waals surface area contributed by atoms with Gasteiger partial charge < -0.3 is 0 Å². The average Bonchev–Trinajstić information content (AvgIpc) is 2.12. The molecule has 0 aliphatic carbocycles. The van der Waals surface area contributed by atoms with Crippen LogP contribution in [0.4, 0.5) is 0 Å². The van der Waals surface area contributed by atoms with E-state index in [1.165, 1.54) is 6.20 Å². The smallest absolute Gasteiger partial charge is 0.244 e. The number of aromatic nitrogens is 2. The van der Waals surface area contributed by atoms with Gasteiger partial charge in [0.25, 0.3) is 0 Å². The Morgan fingerprint density at radius 1 is 1.33 bits per heavy atom. The number of para-hydroxylation sites is 1. The Morgan fingerprint density at radius 2 is 2.08 bits per heavy atom. The fraction of sp³-hybridized carbons (Fsp3) is 0. The molecule has 0 amide bonds. The highest BCUT2D eigenvalue weighted by Crippen LogP contribution is 2.09. The maximum atomic E-state index is 11.0. The van der Waals surface area contributed by atoms with Gasteiger partial charge in [-0.2, -0.15) is 4.98 Å². The number of hydrogen-bond donors (Lipinski definition) is 0. The molecule has 1 aromatic heterocycles. The van der Waals surface area contributed by atoms with Crippen LogP contribution in [-0.2, 0) is 0 Å². The van der Waals surface area contributed by atoms with Gasteiger partial charge in [-0.05, 0) is 6.07 Å². The predicted octanol–water partition coefficient (Wildman–Crippen LogP) is 1.40. The summed E-state index contributed by atoms with van der Waals surface area (Å²) in [5.74, 6) is 0. The number of rotatable bonds is 0. The van der Waals surface area contributed by atoms with Gasteiger partial charge >= 0.3 is 5.69 Å². The maximum absolute atomic E-state index is 11.0. The molecule has 0 spiro atoms. The molecule has 60 valence electrons. The lowest BCUT2D eigenvalue weighted by molar-refractivity contribution is 1.05. The fourth-order valence-corrected chi connectivity index (χ4v) is 1.25. The van der Waals surface area contributed by atoms with E-state index in [0.717, 1.165) is 9.47 Å². The molecule has 0 N–H and O–H groups in total. The number of halogens is 1. The van der Waals surface area contributed by atoms with Crippen molar-refractivity contribution in [1.82, 2.24) is 9.07 Å². The first-order valence-corrected chi connectivity index (χ1v) is 3.76. The molecule has 12 heavy (non-hydrogen) atoms. The lowest BCUT2D eigenvalue weighted by Gasteiger charge is -1.98. The largest absolute Gasteiger partial charge is 0.362 e. The molecular weight excluding hydrogens is 176 g/mol. The molecule has 2 rings (SSSR count). The van der Waals surface area contributed by atoms with Crippen LogP contribution in [-0.4, -0.2) is 9.07 Å². The molecule has 0 unspecified atom stereocenters. The second kappa shape index (κ2) is 2.60. The molecule has 0 aliphatic heterocycles. The molecule has 0 saturated heterocycles. The van der Waals surface area contributed by atoms with Crippen molar-refractivity contribution in [2.45, 2.75) is 0 Å². The van der Waals surface area contributed by atoms with Crippen molar-refractivity contribution in [3.8, 4) is 0 Å². The third kappa shape index (κ3) is 0.987. The van der Waals surface area contributed by atoms with E-state index in [1.807, 2.05) is 18.2 Å². The minimum absolute atomic E-state index is 0.449. The molecule has 0 aliphatic rings. The Labute approximate surface area is 73.3 Å². The summed E-state index contributed by atoms with van der Waals surface area (Å²) >= 11 is 5.67. The highest BCUT2D eigenvalue weighted by molar-refractivity contribution is 6.18. The second-order valence-corrected chi connectivity index (χ2v) is 2.72. The third-order valence-electron chi connectivity index (χ3n) is 1.63. The summed E-state index contributed by atoms with van der Waals surface area (Å²) in [6, 6.07) is 7.30. The van der Waals surface area contributed by atoms with Crippen LogP contribution in [0.25, 0.3) is 10.9 Å². The van der Waals surface area contributed by atoms with E-state index < -0.39 is 5.69 Å². The van der Waals surface area contributed by atoms with Gasteiger partial charge in [0.2, 0.25) is 0 Å². The van der Waals surface area contributed by atoms with Crippen molar-refractivity contribution in [1.29, 1.82) is 0 Å². The van der Waals surface area contributed by atoms with E-state index in [4.69, 9.17) is 11.8 Å². The zero-order valence-corrected chi connectivity index (χ0v) is 6.82. The Kier molecular flexibility index (Phi) is 1.59. The van der Waals surface area contributed by atoms with Gasteiger partial charge in [0.05, 0.1) is 5.52 Å². The van der Waals surface area contributed by atoms with Gasteiger partial charge in [-0.3, -0.25) is 0 Å². The number of nitrogens with zero attached hydrogens (tertiary/aromatic N) is 2. The van der Waals surface area contributed by atoms with E-state index in [2.05, 4.69) is 4.98 Å². The topological polar surface area (TPSA) is 34.9 Å². The SMILES string of the molecule is O=c1ncc2ccccc2n1Cl. The van der Waals surface area contributed by atoms with Crippen LogP contribution >= 0.6 is 11.8 Å². The number of fused-ring (bicyclic) bond motifs is 1. The number of hydrogen-bond acceptors (Lipinski definition) is 2. The van der Waals surface area contributed by atoms with E-state index in [9.17, 15) is 4.79 Å². The predicted molar refractivity (Wildman–Crippen MR) is 47.3 cm³/mol. The minimum atomic E-state index is -0.449. The molecule has 0 radical (unpaired) electrons. The summed E-state index contributed by atoms with van der Waals surface area (Å²) in [4.78, 5) is 14.5. The van der Waals surface area contributed by atoms with E-state index >= 15 is 0 Å². The zero-order chi connectivity index (χ0) is 8.55. The standard InChI is InChI=1S/C8H5ClN2O/c9-11-7-4-2-1-3-6(7)5-10-8(11)12/h1-5H. The van der Waals surface area contributed by atoms with Crippen LogP contribution in [0.2, 0.25) is 0 Å². The van der Waals surface area contributed by atoms with Crippen molar-refractivity contribution in [2.75, 3.05) is 0 Å². The normalized spacial score (nSPS) is 10.4. The summed E-state index contributed by atoms with van der Waals surface area (Å²) < 4.78 is 1.01. The van der Waals surface area contributed by atoms with Crippen LogP contribution in [0.1, 0.15) is 0 Å². The first kappa shape index (κ1) is 7.31. The lowest BCUT2D eigenvalue weighted by atomic mass is 10.2. The minimum Gasteiger partial charge on any atom is -0.244 e. The Balaban J connectivity index is 3.01. The zero-order valence-electron chi connectivity index (χ0n) is 6.07. The maximum Gasteiger partial charge on any atom is 0.362 e. The van der Waals surface area contributed by atoms with Crippen molar-refractivity contribution in [3.05, 3.63) is 40.9 Å². The molecule has 4 heteroatoms. The van der Waals surface area contributed by atoms with Gasteiger partial charge in [0.1, 0.15) is 0 Å². The van der Waals surface area contributed by atoms with E-state index in [-0.39, 0.29) is 0 Å². The summed E-state index contributed by atoms with van der Waals surface area (Å²) in [6.45, 7) is 0. The van der Waals surface area contributed by atoms with Crippen LogP contribution in [0.15, 0.2) is 35.3 Å². The second-order valence-electron chi connectivity index (χ2n) is 2.38. The molecule has 0 atom stereocenters. The average molecular weight is 181 g/mol. The number of benzene rings is 1. The molecule has 0 fully saturated rings. The quantitative estimate of drug-likeness (QED) is 0.614. The molecule has 0 saturated carbocycles.